The van der Waals surface area contributed by atoms with Gasteiger partial charge in [0.05, 0.1) is 5.56 Å². The van der Waals surface area contributed by atoms with Crippen LogP contribution in [0.1, 0.15) is 50.4 Å². The first-order chi connectivity index (χ1) is 9.47. The highest BCUT2D eigenvalue weighted by Crippen LogP contribution is 2.18. The van der Waals surface area contributed by atoms with E-state index in [0.29, 0.717) is 5.92 Å². The molecular formula is C16H26N2O2. The highest BCUT2D eigenvalue weighted by atomic mass is 16.5. The fraction of sp³-hybridized carbons (Fsp3) is 0.688. The van der Waals surface area contributed by atoms with Crippen molar-refractivity contribution in [1.82, 2.24) is 9.88 Å². The Labute approximate surface area is 121 Å². The minimum Gasteiger partial charge on any atom is -0.381 e. The first kappa shape index (κ1) is 15.1. The fourth-order valence-corrected chi connectivity index (χ4v) is 2.45. The Morgan fingerprint density at radius 3 is 2.90 bits per heavy atom. The van der Waals surface area contributed by atoms with Crippen LogP contribution in [-0.2, 0) is 10.3 Å². The second-order valence-electron chi connectivity index (χ2n) is 6.61. The van der Waals surface area contributed by atoms with E-state index in [9.17, 15) is 4.79 Å². The van der Waals surface area contributed by atoms with E-state index in [1.54, 1.807) is 0 Å². The maximum Gasteiger partial charge on any atom is 0.252 e. The lowest BCUT2D eigenvalue weighted by atomic mass is 10.0. The third-order valence-electron chi connectivity index (χ3n) is 3.83. The van der Waals surface area contributed by atoms with E-state index in [-0.39, 0.29) is 11.4 Å². The molecule has 0 bridgehead atoms. The molecule has 2 heterocycles. The topological polar surface area (TPSA) is 43.3 Å². The Bertz CT molecular complexity index is 440. The van der Waals surface area contributed by atoms with Crippen LogP contribution >= 0.6 is 0 Å². The van der Waals surface area contributed by atoms with Crippen LogP contribution in [0.3, 0.4) is 0 Å². The van der Waals surface area contributed by atoms with Crippen LogP contribution in [0.15, 0.2) is 18.5 Å². The van der Waals surface area contributed by atoms with Gasteiger partial charge >= 0.3 is 0 Å². The van der Waals surface area contributed by atoms with Crippen molar-refractivity contribution in [3.63, 3.8) is 0 Å². The average molecular weight is 278 g/mol. The number of aromatic nitrogens is 1. The Kier molecular flexibility index (Phi) is 4.86. The number of nitrogens with one attached hydrogen (secondary N) is 1. The van der Waals surface area contributed by atoms with Crippen molar-refractivity contribution in [1.29, 1.82) is 0 Å². The molecule has 1 saturated heterocycles. The minimum absolute atomic E-state index is 0.0149. The Balaban J connectivity index is 1.72. The van der Waals surface area contributed by atoms with E-state index >= 15 is 0 Å². The molecule has 20 heavy (non-hydrogen) atoms. The molecule has 1 aliphatic rings. The summed E-state index contributed by atoms with van der Waals surface area (Å²) in [5.41, 5.74) is 0.755. The van der Waals surface area contributed by atoms with Crippen molar-refractivity contribution < 1.29 is 9.53 Å². The number of hydrogen-bond acceptors (Lipinski definition) is 2. The number of rotatable bonds is 5. The van der Waals surface area contributed by atoms with Crippen LogP contribution in [0.25, 0.3) is 0 Å². The third kappa shape index (κ3) is 4.10. The van der Waals surface area contributed by atoms with Crippen LogP contribution < -0.4 is 5.32 Å². The van der Waals surface area contributed by atoms with Crippen molar-refractivity contribution in [2.75, 3.05) is 19.8 Å². The maximum atomic E-state index is 12.0. The van der Waals surface area contributed by atoms with Gasteiger partial charge in [0.2, 0.25) is 0 Å². The normalized spacial score (nSPS) is 19.2. The SMILES string of the molecule is CC(C)(C)n1ccc(C(=O)NCCCC2CCOC2)c1. The summed E-state index contributed by atoms with van der Waals surface area (Å²) >= 11 is 0. The summed E-state index contributed by atoms with van der Waals surface area (Å²) in [6.45, 7) is 8.91. The summed E-state index contributed by atoms with van der Waals surface area (Å²) in [6, 6.07) is 1.88. The molecule has 1 unspecified atom stereocenters. The summed E-state index contributed by atoms with van der Waals surface area (Å²) in [6.07, 6.45) is 7.22. The highest BCUT2D eigenvalue weighted by molar-refractivity contribution is 5.94. The van der Waals surface area contributed by atoms with Gasteiger partial charge in [-0.3, -0.25) is 4.79 Å². The predicted octanol–water partition coefficient (Wildman–Crippen LogP) is 2.79. The monoisotopic (exact) mass is 278 g/mol. The maximum absolute atomic E-state index is 12.0. The zero-order valence-electron chi connectivity index (χ0n) is 12.8. The standard InChI is InChI=1S/C16H26N2O2/c1-16(2,3)18-9-6-14(11-18)15(19)17-8-4-5-13-7-10-20-12-13/h6,9,11,13H,4-5,7-8,10,12H2,1-3H3,(H,17,19). The van der Waals surface area contributed by atoms with E-state index in [1.165, 1.54) is 6.42 Å². The van der Waals surface area contributed by atoms with Crippen molar-refractivity contribution in [3.05, 3.63) is 24.0 Å². The lowest BCUT2D eigenvalue weighted by Crippen LogP contribution is -2.25. The lowest BCUT2D eigenvalue weighted by molar-refractivity contribution is 0.0952. The molecule has 1 amide bonds. The molecule has 1 N–H and O–H groups in total. The third-order valence-corrected chi connectivity index (χ3v) is 3.83. The molecule has 0 aromatic carbocycles. The predicted molar refractivity (Wildman–Crippen MR) is 79.9 cm³/mol. The number of carbonyl (C=O) groups excluding carboxylic acids is 1. The zero-order chi connectivity index (χ0) is 14.6. The van der Waals surface area contributed by atoms with Crippen molar-refractivity contribution >= 4 is 5.91 Å². The smallest absolute Gasteiger partial charge is 0.252 e. The molecule has 112 valence electrons. The van der Waals surface area contributed by atoms with Gasteiger partial charge < -0.3 is 14.6 Å². The van der Waals surface area contributed by atoms with Gasteiger partial charge in [0.15, 0.2) is 0 Å². The summed E-state index contributed by atoms with van der Waals surface area (Å²) in [7, 11) is 0. The molecule has 1 aliphatic heterocycles. The fourth-order valence-electron chi connectivity index (χ4n) is 2.45. The van der Waals surface area contributed by atoms with Crippen molar-refractivity contribution in [3.8, 4) is 0 Å². The molecule has 0 aliphatic carbocycles. The molecule has 4 nitrogen and oxygen atoms in total. The molecule has 2 rings (SSSR count). The second-order valence-corrected chi connectivity index (χ2v) is 6.61. The van der Waals surface area contributed by atoms with Crippen molar-refractivity contribution in [2.24, 2.45) is 5.92 Å². The molecule has 0 radical (unpaired) electrons. The summed E-state index contributed by atoms with van der Waals surface area (Å²) in [4.78, 5) is 12.0. The van der Waals surface area contributed by atoms with Gasteiger partial charge in [0.25, 0.3) is 5.91 Å². The largest absolute Gasteiger partial charge is 0.381 e. The van der Waals surface area contributed by atoms with Crippen LogP contribution in [0.4, 0.5) is 0 Å². The van der Waals surface area contributed by atoms with Gasteiger partial charge in [-0.15, -0.1) is 0 Å². The number of amides is 1. The van der Waals surface area contributed by atoms with E-state index in [0.717, 1.165) is 38.2 Å². The van der Waals surface area contributed by atoms with Crippen LogP contribution in [0.2, 0.25) is 0 Å². The van der Waals surface area contributed by atoms with Gasteiger partial charge in [-0.25, -0.2) is 0 Å². The molecule has 0 saturated carbocycles. The van der Waals surface area contributed by atoms with Crippen molar-refractivity contribution in [2.45, 2.75) is 45.6 Å². The number of carbonyl (C=O) groups is 1. The van der Waals surface area contributed by atoms with E-state index in [2.05, 4.69) is 30.7 Å². The summed E-state index contributed by atoms with van der Waals surface area (Å²) in [5.74, 6) is 0.713. The number of hydrogen-bond donors (Lipinski definition) is 1. The summed E-state index contributed by atoms with van der Waals surface area (Å²) in [5, 5.41) is 2.99. The average Bonchev–Trinajstić information content (AvgIpc) is 3.04. The molecule has 1 aromatic heterocycles. The first-order valence-electron chi connectivity index (χ1n) is 7.51. The van der Waals surface area contributed by atoms with E-state index < -0.39 is 0 Å². The summed E-state index contributed by atoms with van der Waals surface area (Å²) < 4.78 is 7.42. The van der Waals surface area contributed by atoms with Gasteiger partial charge in [-0.05, 0) is 52.0 Å². The molecule has 4 heteroatoms. The Morgan fingerprint density at radius 1 is 1.50 bits per heavy atom. The first-order valence-corrected chi connectivity index (χ1v) is 7.51. The van der Waals surface area contributed by atoms with Gasteiger partial charge in [-0.2, -0.15) is 0 Å². The van der Waals surface area contributed by atoms with Crippen LogP contribution in [0.5, 0.6) is 0 Å². The number of ether oxygens (including phenoxy) is 1. The zero-order valence-corrected chi connectivity index (χ0v) is 12.8. The van der Waals surface area contributed by atoms with Gasteiger partial charge in [0, 0.05) is 37.7 Å². The molecular weight excluding hydrogens is 252 g/mol. The molecule has 1 aromatic rings. The van der Waals surface area contributed by atoms with E-state index in [1.807, 2.05) is 18.5 Å². The molecule has 1 fully saturated rings. The Morgan fingerprint density at radius 2 is 2.30 bits per heavy atom. The highest BCUT2D eigenvalue weighted by Gasteiger charge is 2.16. The van der Waals surface area contributed by atoms with Gasteiger partial charge in [0.1, 0.15) is 0 Å². The second kappa shape index (κ2) is 6.44. The van der Waals surface area contributed by atoms with Gasteiger partial charge in [-0.1, -0.05) is 0 Å². The molecule has 0 spiro atoms. The Hall–Kier alpha value is -1.29. The minimum atomic E-state index is 0.0149. The lowest BCUT2D eigenvalue weighted by Gasteiger charge is -2.20. The number of nitrogens with zero attached hydrogens (tertiary/aromatic N) is 1. The quantitative estimate of drug-likeness (QED) is 0.842. The van der Waals surface area contributed by atoms with Crippen LogP contribution in [0, 0.1) is 5.92 Å². The van der Waals surface area contributed by atoms with Crippen LogP contribution in [-0.4, -0.2) is 30.2 Å². The van der Waals surface area contributed by atoms with E-state index in [4.69, 9.17) is 4.74 Å². The molecule has 1 atom stereocenters.